The average Bonchev–Trinajstić information content (AvgIpc) is 2.49. The van der Waals surface area contributed by atoms with Crippen LogP contribution in [0.2, 0.25) is 5.15 Å². The molecule has 1 rings (SSSR count). The molecule has 0 N–H and O–H groups in total. The van der Waals surface area contributed by atoms with Gasteiger partial charge in [-0.1, -0.05) is 0 Å². The van der Waals surface area contributed by atoms with Crippen molar-refractivity contribution in [2.75, 3.05) is 6.61 Å². The summed E-state index contributed by atoms with van der Waals surface area (Å²) in [5.41, 5.74) is 0. The molecular weight excluding hydrogens is 262 g/mol. The van der Waals surface area contributed by atoms with Gasteiger partial charge in [-0.05, 0) is 25.4 Å². The minimum atomic E-state index is -4.42. The van der Waals surface area contributed by atoms with Crippen LogP contribution in [0, 0.1) is 0 Å². The molecule has 0 unspecified atom stereocenters. The summed E-state index contributed by atoms with van der Waals surface area (Å²) in [6.07, 6.45) is 0. The quantitative estimate of drug-likeness (QED) is 0.471. The second kappa shape index (κ2) is 7.13. The molecule has 0 spiro atoms. The maximum atomic E-state index is 9.45. The Balaban J connectivity index is 0.000000265. The lowest BCUT2D eigenvalue weighted by Gasteiger charge is -2.02. The van der Waals surface area contributed by atoms with E-state index in [4.69, 9.17) is 11.6 Å². The van der Waals surface area contributed by atoms with Crippen LogP contribution in [0.3, 0.4) is 0 Å². The van der Waals surface area contributed by atoms with E-state index in [1.165, 1.54) is 6.92 Å². The van der Waals surface area contributed by atoms with E-state index >= 15 is 0 Å². The molecule has 0 saturated heterocycles. The highest BCUT2D eigenvalue weighted by Crippen LogP contribution is 2.02. The lowest BCUT2D eigenvalue weighted by molar-refractivity contribution is -0.622. The molecule has 5 nitrogen and oxygen atoms in total. The van der Waals surface area contributed by atoms with Gasteiger partial charge in [-0.15, -0.1) is 3.96 Å². The molecule has 0 radical (unpaired) electrons. The summed E-state index contributed by atoms with van der Waals surface area (Å²) in [5, 5.41) is 2.81. The molecule has 0 bridgehead atoms. The predicted molar refractivity (Wildman–Crippen MR) is 56.5 cm³/mol. The van der Waals surface area contributed by atoms with Crippen LogP contribution in [-0.4, -0.2) is 19.6 Å². The molecule has 1 aromatic rings. The SMILES string of the molecule is CCOS(=O)(=O)[O-].CC[n+]1sccc1Cl. The van der Waals surface area contributed by atoms with Gasteiger partial charge in [0.2, 0.25) is 10.4 Å². The standard InChI is InChI=1S/C5H7ClNS.C2H6O4S/c1-2-7-5(6)3-4-8-7;1-2-6-7(3,4)5/h3-4H,2H2,1H3;2H2,1H3,(H,3,4,5)/q+1;/p-1. The van der Waals surface area contributed by atoms with Crippen molar-refractivity contribution < 1.29 is 21.1 Å². The molecule has 0 fully saturated rings. The fourth-order valence-corrected chi connectivity index (χ4v) is 1.98. The smallest absolute Gasteiger partial charge is 0.289 e. The van der Waals surface area contributed by atoms with Gasteiger partial charge in [0.1, 0.15) is 11.5 Å². The van der Waals surface area contributed by atoms with Gasteiger partial charge in [0.15, 0.2) is 6.54 Å². The van der Waals surface area contributed by atoms with Gasteiger partial charge in [0, 0.05) is 6.07 Å². The van der Waals surface area contributed by atoms with Crippen LogP contribution < -0.4 is 3.96 Å². The summed E-state index contributed by atoms with van der Waals surface area (Å²) < 4.78 is 34.0. The van der Waals surface area contributed by atoms with Crippen LogP contribution in [0.1, 0.15) is 13.8 Å². The van der Waals surface area contributed by atoms with Crippen molar-refractivity contribution in [3.8, 4) is 0 Å². The van der Waals surface area contributed by atoms with Crippen LogP contribution >= 0.6 is 23.1 Å². The van der Waals surface area contributed by atoms with E-state index in [-0.39, 0.29) is 6.61 Å². The van der Waals surface area contributed by atoms with Crippen LogP contribution in [0.25, 0.3) is 0 Å². The highest BCUT2D eigenvalue weighted by atomic mass is 35.5. The first-order valence-electron chi connectivity index (χ1n) is 4.14. The largest absolute Gasteiger partial charge is 0.726 e. The molecule has 8 heteroatoms. The van der Waals surface area contributed by atoms with E-state index in [2.05, 4.69) is 11.1 Å². The second-order valence-corrected chi connectivity index (χ2v) is 4.60. The molecule has 0 saturated carbocycles. The molecule has 0 aliphatic rings. The first kappa shape index (κ1) is 14.8. The van der Waals surface area contributed by atoms with Crippen molar-refractivity contribution in [2.24, 2.45) is 0 Å². The number of halogens is 1. The number of nitrogens with zero attached hydrogens (tertiary/aromatic N) is 1. The van der Waals surface area contributed by atoms with Crippen molar-refractivity contribution in [2.45, 2.75) is 20.4 Å². The third kappa shape index (κ3) is 7.69. The Kier molecular flexibility index (Phi) is 7.03. The summed E-state index contributed by atoms with van der Waals surface area (Å²) >= 11 is 7.35. The molecule has 0 aliphatic heterocycles. The van der Waals surface area contributed by atoms with E-state index in [0.717, 1.165) is 11.7 Å². The van der Waals surface area contributed by atoms with Gasteiger partial charge in [0.25, 0.3) is 5.15 Å². The third-order valence-electron chi connectivity index (χ3n) is 1.18. The van der Waals surface area contributed by atoms with Crippen molar-refractivity contribution in [3.63, 3.8) is 0 Å². The molecule has 0 aliphatic carbocycles. The van der Waals surface area contributed by atoms with Crippen LogP contribution in [0.4, 0.5) is 0 Å². The van der Waals surface area contributed by atoms with Crippen molar-refractivity contribution in [3.05, 3.63) is 16.6 Å². The van der Waals surface area contributed by atoms with Crippen molar-refractivity contribution in [1.29, 1.82) is 0 Å². The molecule has 1 aromatic heterocycles. The molecule has 0 atom stereocenters. The topological polar surface area (TPSA) is 70.3 Å². The Labute approximate surface area is 98.4 Å². The summed E-state index contributed by atoms with van der Waals surface area (Å²) in [4.78, 5) is 0. The highest BCUT2D eigenvalue weighted by molar-refractivity contribution is 7.80. The van der Waals surface area contributed by atoms with Gasteiger partial charge in [-0.25, -0.2) is 8.42 Å². The fraction of sp³-hybridized carbons (Fsp3) is 0.571. The van der Waals surface area contributed by atoms with E-state index in [9.17, 15) is 13.0 Å². The first-order chi connectivity index (χ1) is 6.90. The van der Waals surface area contributed by atoms with Gasteiger partial charge in [-0.3, -0.25) is 4.18 Å². The van der Waals surface area contributed by atoms with Gasteiger partial charge < -0.3 is 4.55 Å². The maximum Gasteiger partial charge on any atom is 0.289 e. The number of hydrogen-bond acceptors (Lipinski definition) is 5. The third-order valence-corrected chi connectivity index (χ3v) is 3.10. The molecular formula is C7H12ClNO4S2. The van der Waals surface area contributed by atoms with E-state index in [1.807, 2.05) is 15.4 Å². The van der Waals surface area contributed by atoms with Crippen LogP contribution in [0.5, 0.6) is 0 Å². The van der Waals surface area contributed by atoms with Gasteiger partial charge in [0.05, 0.1) is 12.0 Å². The van der Waals surface area contributed by atoms with Crippen molar-refractivity contribution in [1.82, 2.24) is 0 Å². The lowest BCUT2D eigenvalue weighted by Crippen LogP contribution is -2.26. The minimum absolute atomic E-state index is 0.0914. The highest BCUT2D eigenvalue weighted by Gasteiger charge is 2.04. The molecule has 15 heavy (non-hydrogen) atoms. The number of rotatable bonds is 3. The Morgan fingerprint density at radius 2 is 2.20 bits per heavy atom. The number of aryl methyl sites for hydroxylation is 1. The van der Waals surface area contributed by atoms with E-state index < -0.39 is 10.4 Å². The Morgan fingerprint density at radius 3 is 2.33 bits per heavy atom. The average molecular weight is 274 g/mol. The van der Waals surface area contributed by atoms with Gasteiger partial charge in [-0.2, -0.15) is 0 Å². The second-order valence-electron chi connectivity index (χ2n) is 2.24. The zero-order valence-corrected chi connectivity index (χ0v) is 10.7. The monoisotopic (exact) mass is 273 g/mol. The summed E-state index contributed by atoms with van der Waals surface area (Å²) in [6, 6.07) is 1.90. The van der Waals surface area contributed by atoms with E-state index in [1.54, 1.807) is 11.5 Å². The summed E-state index contributed by atoms with van der Waals surface area (Å²) in [5.74, 6) is 0. The maximum absolute atomic E-state index is 9.45. The fourth-order valence-electron chi connectivity index (χ4n) is 0.663. The summed E-state index contributed by atoms with van der Waals surface area (Å²) in [6.45, 7) is 4.38. The van der Waals surface area contributed by atoms with E-state index in [0.29, 0.717) is 0 Å². The van der Waals surface area contributed by atoms with Crippen LogP contribution in [0.15, 0.2) is 11.4 Å². The number of aromatic nitrogens is 1. The lowest BCUT2D eigenvalue weighted by atomic mass is 10.7. The molecule has 1 heterocycles. The summed E-state index contributed by atoms with van der Waals surface area (Å²) in [7, 11) is -4.42. The minimum Gasteiger partial charge on any atom is -0.726 e. The zero-order chi connectivity index (χ0) is 11.9. The number of hydrogen-bond donors (Lipinski definition) is 0. The Hall–Kier alpha value is -0.210. The normalized spacial score (nSPS) is 10.7. The zero-order valence-electron chi connectivity index (χ0n) is 8.34. The van der Waals surface area contributed by atoms with Gasteiger partial charge >= 0.3 is 0 Å². The Bertz CT molecular complexity index is 376. The first-order valence-corrected chi connectivity index (χ1v) is 6.69. The molecule has 88 valence electrons. The molecule has 0 amide bonds. The predicted octanol–water partition coefficient (Wildman–Crippen LogP) is 1.19. The molecule has 0 aromatic carbocycles. The van der Waals surface area contributed by atoms with Crippen molar-refractivity contribution >= 4 is 33.5 Å². The Morgan fingerprint density at radius 1 is 1.60 bits per heavy atom. The van der Waals surface area contributed by atoms with Crippen LogP contribution in [-0.2, 0) is 21.1 Å².